The summed E-state index contributed by atoms with van der Waals surface area (Å²) in [6, 6.07) is 5.69. The first-order valence-corrected chi connectivity index (χ1v) is 17.1. The number of aromatic nitrogens is 1. The van der Waals surface area contributed by atoms with E-state index in [0.717, 1.165) is 5.03 Å². The highest BCUT2D eigenvalue weighted by molar-refractivity contribution is 8.76. The van der Waals surface area contributed by atoms with Crippen molar-refractivity contribution in [1.82, 2.24) is 20.9 Å². The number of nitrogens with two attached hydrogens (primary N) is 1. The van der Waals surface area contributed by atoms with Gasteiger partial charge in [0.1, 0.15) is 18.2 Å². The van der Waals surface area contributed by atoms with Crippen LogP contribution in [0.5, 0.6) is 0 Å². The number of carbonyl (C=O) groups is 3. The van der Waals surface area contributed by atoms with Crippen LogP contribution >= 0.6 is 21.6 Å². The molecule has 0 aromatic carbocycles. The number of carbonyl (C=O) groups excluding carboxylic acids is 3. The smallest absolute Gasteiger partial charge is 0.407 e. The molecule has 3 amide bonds. The lowest BCUT2D eigenvalue weighted by Gasteiger charge is -2.21. The number of hydrogen-bond acceptors (Lipinski definition) is 15. The van der Waals surface area contributed by atoms with Gasteiger partial charge in [0, 0.05) is 58.8 Å². The third-order valence-electron chi connectivity index (χ3n) is 5.56. The van der Waals surface area contributed by atoms with Gasteiger partial charge in [-0.3, -0.25) is 4.79 Å². The number of aliphatic hydroxyl groups is 2. The Morgan fingerprint density at radius 2 is 1.41 bits per heavy atom. The zero-order valence-corrected chi connectivity index (χ0v) is 28.6. The summed E-state index contributed by atoms with van der Waals surface area (Å²) >= 11 is 0. The predicted octanol–water partition coefficient (Wildman–Crippen LogP) is 1.25. The Balaban J connectivity index is 0.00000102. The molecule has 0 aliphatic carbocycles. The van der Waals surface area contributed by atoms with Gasteiger partial charge in [-0.15, -0.1) is 0 Å². The van der Waals surface area contributed by atoms with E-state index >= 15 is 0 Å². The molecular formula is C28H51N5O11S2. The molecule has 16 nitrogen and oxygen atoms in total. The number of nitrogens with one attached hydrogen (secondary N) is 3. The molecule has 7 N–H and O–H groups in total. The minimum Gasteiger partial charge on any atom is -0.444 e. The summed E-state index contributed by atoms with van der Waals surface area (Å²) in [5.74, 6) is 0.574. The van der Waals surface area contributed by atoms with Crippen molar-refractivity contribution in [1.29, 1.82) is 0 Å². The van der Waals surface area contributed by atoms with E-state index in [9.17, 15) is 14.4 Å². The van der Waals surface area contributed by atoms with Gasteiger partial charge in [0.2, 0.25) is 5.91 Å². The number of nitrogens with zero attached hydrogens (tertiary/aromatic N) is 1. The van der Waals surface area contributed by atoms with Crippen LogP contribution in [-0.4, -0.2) is 131 Å². The van der Waals surface area contributed by atoms with Crippen molar-refractivity contribution in [2.75, 3.05) is 72.6 Å². The van der Waals surface area contributed by atoms with Crippen molar-refractivity contribution in [3.63, 3.8) is 0 Å². The zero-order valence-electron chi connectivity index (χ0n) is 27.0. The van der Waals surface area contributed by atoms with Crippen molar-refractivity contribution in [2.45, 2.75) is 62.9 Å². The molecule has 0 saturated carbocycles. The van der Waals surface area contributed by atoms with Crippen LogP contribution in [0.2, 0.25) is 0 Å². The van der Waals surface area contributed by atoms with E-state index in [4.69, 9.17) is 44.4 Å². The zero-order chi connectivity index (χ0) is 34.4. The van der Waals surface area contributed by atoms with E-state index in [1.807, 2.05) is 32.0 Å². The lowest BCUT2D eigenvalue weighted by atomic mass is 10.3. The Morgan fingerprint density at radius 3 is 1.87 bits per heavy atom. The largest absolute Gasteiger partial charge is 0.444 e. The standard InChI is InChI=1S/C18H29N3O6S2.C10H22N2O5/c1-3-14(12-22)27-17(25-2)13-26-18(24)21-10-9-19-15(23)7-11-28-29-16-6-4-5-8-20-16;1-3-8(6-13)17-9(15-2)7-16-10(14)12-5-4-11/h4-6,8,14,17,22H,3,7,9-13H2,1-2H3,(H,19,23)(H,21,24);8-9,13H,3-7,11H2,1-2H3,(H,12,14). The third-order valence-corrected chi connectivity index (χ3v) is 7.82. The lowest BCUT2D eigenvalue weighted by molar-refractivity contribution is -0.181. The molecule has 0 bridgehead atoms. The number of pyridine rings is 1. The lowest BCUT2D eigenvalue weighted by Crippen LogP contribution is -2.37. The van der Waals surface area contributed by atoms with Crippen molar-refractivity contribution < 1.29 is 53.0 Å². The third kappa shape index (κ3) is 23.9. The molecule has 0 radical (unpaired) electrons. The highest BCUT2D eigenvalue weighted by atomic mass is 33.1. The first kappa shape index (κ1) is 43.6. The molecule has 266 valence electrons. The number of rotatable bonds is 24. The van der Waals surface area contributed by atoms with Crippen LogP contribution < -0.4 is 21.7 Å². The molecule has 4 unspecified atom stereocenters. The van der Waals surface area contributed by atoms with E-state index in [1.54, 1.807) is 17.0 Å². The normalized spacial score (nSPS) is 13.3. The molecule has 4 atom stereocenters. The van der Waals surface area contributed by atoms with E-state index in [2.05, 4.69) is 20.9 Å². The van der Waals surface area contributed by atoms with Gasteiger partial charge < -0.3 is 60.3 Å². The first-order valence-electron chi connectivity index (χ1n) is 14.8. The molecule has 0 saturated heterocycles. The maximum Gasteiger partial charge on any atom is 0.407 e. The summed E-state index contributed by atoms with van der Waals surface area (Å²) in [4.78, 5) is 38.7. The Labute approximate surface area is 278 Å². The van der Waals surface area contributed by atoms with Crippen molar-refractivity contribution in [2.24, 2.45) is 5.73 Å². The molecular weight excluding hydrogens is 646 g/mol. The maximum atomic E-state index is 11.8. The summed E-state index contributed by atoms with van der Waals surface area (Å²) in [5, 5.41) is 26.7. The van der Waals surface area contributed by atoms with Gasteiger partial charge in [-0.1, -0.05) is 30.7 Å². The number of aliphatic hydroxyl groups excluding tert-OH is 2. The van der Waals surface area contributed by atoms with Crippen LogP contribution in [-0.2, 0) is 33.2 Å². The van der Waals surface area contributed by atoms with Gasteiger partial charge in [0.25, 0.3) is 0 Å². The number of amides is 3. The van der Waals surface area contributed by atoms with Crippen LogP contribution in [0.1, 0.15) is 33.1 Å². The summed E-state index contributed by atoms with van der Waals surface area (Å²) in [5.41, 5.74) is 5.21. The Kier molecular flexibility index (Phi) is 28.4. The highest BCUT2D eigenvalue weighted by Gasteiger charge is 2.17. The van der Waals surface area contributed by atoms with Crippen LogP contribution in [0.15, 0.2) is 29.4 Å². The fraction of sp³-hybridized carbons (Fsp3) is 0.714. The van der Waals surface area contributed by atoms with Gasteiger partial charge in [-0.2, -0.15) is 0 Å². The average Bonchev–Trinajstić information content (AvgIpc) is 3.08. The topological polar surface area (TPSA) is 222 Å². The predicted molar refractivity (Wildman–Crippen MR) is 174 cm³/mol. The molecule has 1 aromatic heterocycles. The molecule has 1 rings (SSSR count). The fourth-order valence-electron chi connectivity index (χ4n) is 2.94. The summed E-state index contributed by atoms with van der Waals surface area (Å²) in [7, 11) is 5.96. The van der Waals surface area contributed by atoms with E-state index in [0.29, 0.717) is 44.6 Å². The first-order chi connectivity index (χ1) is 22.3. The molecule has 46 heavy (non-hydrogen) atoms. The second-order valence-corrected chi connectivity index (χ2v) is 11.5. The minimum atomic E-state index is -0.751. The van der Waals surface area contributed by atoms with Crippen LogP contribution in [0.4, 0.5) is 9.59 Å². The van der Waals surface area contributed by atoms with E-state index < -0.39 is 24.8 Å². The van der Waals surface area contributed by atoms with E-state index in [1.165, 1.54) is 25.0 Å². The number of hydrogen-bond donors (Lipinski definition) is 6. The summed E-state index contributed by atoms with van der Waals surface area (Å²) < 4.78 is 30.7. The van der Waals surface area contributed by atoms with Crippen molar-refractivity contribution >= 4 is 39.7 Å². The molecule has 0 aliphatic rings. The molecule has 1 aromatic rings. The van der Waals surface area contributed by atoms with Crippen LogP contribution in [0.25, 0.3) is 0 Å². The van der Waals surface area contributed by atoms with Gasteiger partial charge >= 0.3 is 12.2 Å². The number of ether oxygens (including phenoxy) is 6. The second-order valence-electron chi connectivity index (χ2n) is 9.04. The quantitative estimate of drug-likeness (QED) is 0.0508. The molecule has 18 heteroatoms. The molecule has 1 heterocycles. The van der Waals surface area contributed by atoms with Gasteiger partial charge in [-0.25, -0.2) is 14.6 Å². The Morgan fingerprint density at radius 1 is 0.870 bits per heavy atom. The molecule has 0 spiro atoms. The van der Waals surface area contributed by atoms with Gasteiger partial charge in [0.15, 0.2) is 12.6 Å². The Hall–Kier alpha value is -2.42. The monoisotopic (exact) mass is 697 g/mol. The Bertz CT molecular complexity index is 904. The number of methoxy groups -OCH3 is 2. The van der Waals surface area contributed by atoms with Crippen molar-refractivity contribution in [3.05, 3.63) is 24.4 Å². The van der Waals surface area contributed by atoms with Crippen molar-refractivity contribution in [3.8, 4) is 0 Å². The minimum absolute atomic E-state index is 0.0383. The van der Waals surface area contributed by atoms with Gasteiger partial charge in [-0.05, 0) is 35.8 Å². The van der Waals surface area contributed by atoms with Gasteiger partial charge in [0.05, 0.1) is 25.4 Å². The summed E-state index contributed by atoms with van der Waals surface area (Å²) in [6.07, 6.45) is 0.0339. The van der Waals surface area contributed by atoms with Crippen LogP contribution in [0, 0.1) is 0 Å². The summed E-state index contributed by atoms with van der Waals surface area (Å²) in [6.45, 7) is 4.62. The SMILES string of the molecule is CCC(CO)OC(COC(=O)NCCN)OC.CCC(CO)OC(COC(=O)NCCNC(=O)CCSSc1ccccn1)OC. The highest BCUT2D eigenvalue weighted by Crippen LogP contribution is 2.29. The molecule has 0 aliphatic heterocycles. The number of alkyl carbamates (subject to hydrolysis) is 2. The second kappa shape index (κ2) is 29.9. The fourth-order valence-corrected chi connectivity index (χ4v) is 4.81. The molecule has 0 fully saturated rings. The van der Waals surface area contributed by atoms with Crippen LogP contribution in [0.3, 0.4) is 0 Å². The maximum absolute atomic E-state index is 11.8. The average molecular weight is 698 g/mol. The van der Waals surface area contributed by atoms with E-state index in [-0.39, 0.29) is 51.1 Å².